The van der Waals surface area contributed by atoms with Crippen LogP contribution in [-0.2, 0) is 11.3 Å². The van der Waals surface area contributed by atoms with Crippen molar-refractivity contribution in [2.45, 2.75) is 25.9 Å². The van der Waals surface area contributed by atoms with Crippen molar-refractivity contribution < 1.29 is 4.79 Å². The molecule has 2 heterocycles. The van der Waals surface area contributed by atoms with Crippen LogP contribution in [0.1, 0.15) is 17.0 Å². The number of amides is 1. The number of nitrogens with zero attached hydrogens (tertiary/aromatic N) is 2. The van der Waals surface area contributed by atoms with Gasteiger partial charge in [-0.25, -0.2) is 4.98 Å². The van der Waals surface area contributed by atoms with Gasteiger partial charge in [0.1, 0.15) is 0 Å². The van der Waals surface area contributed by atoms with E-state index in [0.717, 1.165) is 18.7 Å². The zero-order valence-electron chi connectivity index (χ0n) is 8.99. The van der Waals surface area contributed by atoms with Crippen molar-refractivity contribution in [3.8, 4) is 0 Å². The Balaban J connectivity index is 2.03. The normalized spacial score (nSPS) is 21.3. The number of rotatable bonds is 3. The van der Waals surface area contributed by atoms with E-state index in [2.05, 4.69) is 10.3 Å². The molecule has 1 aliphatic heterocycles. The molecule has 1 atom stereocenters. The molecule has 1 unspecified atom stereocenters. The van der Waals surface area contributed by atoms with Crippen LogP contribution in [0.5, 0.6) is 0 Å². The minimum Gasteiger partial charge on any atom is -0.336 e. The molecule has 1 aromatic heterocycles. The number of hydrogen-bond acceptors (Lipinski definition) is 4. The Morgan fingerprint density at radius 1 is 1.73 bits per heavy atom. The minimum atomic E-state index is 0.0122. The molecular formula is C10H15N3OS. The fraction of sp³-hybridized carbons (Fsp3) is 0.600. The second-order valence-electron chi connectivity index (χ2n) is 3.75. The van der Waals surface area contributed by atoms with Crippen LogP contribution in [0.3, 0.4) is 0 Å². The number of carbonyl (C=O) groups is 1. The summed E-state index contributed by atoms with van der Waals surface area (Å²) in [5, 5.41) is 3.03. The van der Waals surface area contributed by atoms with Crippen LogP contribution in [0.4, 0.5) is 0 Å². The van der Waals surface area contributed by atoms with Gasteiger partial charge >= 0.3 is 0 Å². The lowest BCUT2D eigenvalue weighted by Crippen LogP contribution is -2.35. The number of nitrogens with one attached hydrogen (secondary N) is 1. The largest absolute Gasteiger partial charge is 0.336 e. The van der Waals surface area contributed by atoms with Crippen LogP contribution in [-0.4, -0.2) is 35.4 Å². The van der Waals surface area contributed by atoms with E-state index >= 15 is 0 Å². The molecule has 5 heteroatoms. The van der Waals surface area contributed by atoms with E-state index in [1.165, 1.54) is 4.88 Å². The third kappa shape index (κ3) is 2.03. The van der Waals surface area contributed by atoms with E-state index in [9.17, 15) is 4.79 Å². The summed E-state index contributed by atoms with van der Waals surface area (Å²) in [7, 11) is 1.84. The number of likely N-dealkylation sites (N-methyl/N-ethyl adjacent to an activating group) is 1. The van der Waals surface area contributed by atoms with E-state index in [0.29, 0.717) is 6.54 Å². The second-order valence-corrected chi connectivity index (χ2v) is 4.69. The smallest absolute Gasteiger partial charge is 0.240 e. The van der Waals surface area contributed by atoms with Crippen LogP contribution < -0.4 is 5.32 Å². The lowest BCUT2D eigenvalue weighted by atomic mass is 10.3. The van der Waals surface area contributed by atoms with Crippen LogP contribution in [0, 0.1) is 6.92 Å². The molecule has 1 fully saturated rings. The predicted octanol–water partition coefficient (Wildman–Crippen LogP) is 0.772. The first-order valence-corrected chi connectivity index (χ1v) is 5.95. The van der Waals surface area contributed by atoms with Gasteiger partial charge in [0, 0.05) is 11.4 Å². The molecule has 0 aromatic carbocycles. The lowest BCUT2D eigenvalue weighted by molar-refractivity contribution is -0.129. The first-order valence-electron chi connectivity index (χ1n) is 5.07. The van der Waals surface area contributed by atoms with Gasteiger partial charge < -0.3 is 10.2 Å². The standard InChI is InChI=1S/C10H15N3OS/c1-7-9(15-6-12-7)5-13-4-3-8(11-2)10(13)14/h6,8,11H,3-5H2,1-2H3. The van der Waals surface area contributed by atoms with Crippen molar-refractivity contribution in [1.82, 2.24) is 15.2 Å². The van der Waals surface area contributed by atoms with Crippen LogP contribution >= 0.6 is 11.3 Å². The molecule has 1 N–H and O–H groups in total. The molecule has 1 saturated heterocycles. The van der Waals surface area contributed by atoms with Crippen molar-refractivity contribution in [3.63, 3.8) is 0 Å². The number of thiazole rings is 1. The quantitative estimate of drug-likeness (QED) is 0.826. The van der Waals surface area contributed by atoms with Crippen molar-refractivity contribution >= 4 is 17.2 Å². The Bertz CT molecular complexity index is 363. The van der Waals surface area contributed by atoms with Gasteiger partial charge in [0.25, 0.3) is 0 Å². The number of carbonyl (C=O) groups excluding carboxylic acids is 1. The summed E-state index contributed by atoms with van der Waals surface area (Å²) in [4.78, 5) is 19.1. The van der Waals surface area contributed by atoms with Gasteiger partial charge in [-0.05, 0) is 20.4 Å². The average molecular weight is 225 g/mol. The highest BCUT2D eigenvalue weighted by Crippen LogP contribution is 2.19. The molecule has 1 aliphatic rings. The van der Waals surface area contributed by atoms with Crippen LogP contribution in [0.2, 0.25) is 0 Å². The Morgan fingerprint density at radius 3 is 3.07 bits per heavy atom. The molecule has 0 radical (unpaired) electrons. The van der Waals surface area contributed by atoms with Crippen molar-refractivity contribution in [2.75, 3.05) is 13.6 Å². The summed E-state index contributed by atoms with van der Waals surface area (Å²) in [6, 6.07) is 0.0122. The second kappa shape index (κ2) is 4.28. The zero-order valence-corrected chi connectivity index (χ0v) is 9.80. The van der Waals surface area contributed by atoms with E-state index < -0.39 is 0 Å². The number of hydrogen-bond donors (Lipinski definition) is 1. The number of likely N-dealkylation sites (tertiary alicyclic amines) is 1. The molecular weight excluding hydrogens is 210 g/mol. The predicted molar refractivity (Wildman–Crippen MR) is 59.7 cm³/mol. The summed E-state index contributed by atoms with van der Waals surface area (Å²) in [6.07, 6.45) is 0.910. The summed E-state index contributed by atoms with van der Waals surface area (Å²) in [5.74, 6) is 0.213. The summed E-state index contributed by atoms with van der Waals surface area (Å²) in [6.45, 7) is 3.55. The molecule has 0 spiro atoms. The SMILES string of the molecule is CNC1CCN(Cc2scnc2C)C1=O. The van der Waals surface area contributed by atoms with Gasteiger partial charge in [0.05, 0.1) is 23.8 Å². The van der Waals surface area contributed by atoms with Gasteiger partial charge in [-0.1, -0.05) is 0 Å². The highest BCUT2D eigenvalue weighted by Gasteiger charge is 2.30. The van der Waals surface area contributed by atoms with Gasteiger partial charge in [0.2, 0.25) is 5.91 Å². The van der Waals surface area contributed by atoms with Gasteiger partial charge in [-0.15, -0.1) is 11.3 Å². The first-order chi connectivity index (χ1) is 7.22. The fourth-order valence-electron chi connectivity index (χ4n) is 1.82. The summed E-state index contributed by atoms with van der Waals surface area (Å²) in [5.41, 5.74) is 2.88. The maximum atomic E-state index is 11.8. The Labute approximate surface area is 93.3 Å². The molecule has 2 rings (SSSR count). The third-order valence-electron chi connectivity index (χ3n) is 2.83. The summed E-state index contributed by atoms with van der Waals surface area (Å²) >= 11 is 1.62. The fourth-order valence-corrected chi connectivity index (χ4v) is 2.61. The van der Waals surface area contributed by atoms with Crippen molar-refractivity contribution in [2.24, 2.45) is 0 Å². The van der Waals surface area contributed by atoms with E-state index in [-0.39, 0.29) is 11.9 Å². The van der Waals surface area contributed by atoms with E-state index in [1.807, 2.05) is 24.4 Å². The molecule has 0 aliphatic carbocycles. The molecule has 4 nitrogen and oxygen atoms in total. The molecule has 0 bridgehead atoms. The Morgan fingerprint density at radius 2 is 2.53 bits per heavy atom. The Kier molecular flexibility index (Phi) is 3.02. The lowest BCUT2D eigenvalue weighted by Gasteiger charge is -2.15. The van der Waals surface area contributed by atoms with Gasteiger partial charge in [-0.2, -0.15) is 0 Å². The molecule has 0 saturated carbocycles. The van der Waals surface area contributed by atoms with Crippen molar-refractivity contribution in [1.29, 1.82) is 0 Å². The minimum absolute atomic E-state index is 0.0122. The highest BCUT2D eigenvalue weighted by atomic mass is 32.1. The average Bonchev–Trinajstić information content (AvgIpc) is 2.77. The third-order valence-corrected chi connectivity index (χ3v) is 3.75. The zero-order chi connectivity index (χ0) is 10.8. The van der Waals surface area contributed by atoms with Crippen molar-refractivity contribution in [3.05, 3.63) is 16.1 Å². The van der Waals surface area contributed by atoms with E-state index in [4.69, 9.17) is 0 Å². The molecule has 82 valence electrons. The van der Waals surface area contributed by atoms with Gasteiger partial charge in [0.15, 0.2) is 0 Å². The summed E-state index contributed by atoms with van der Waals surface area (Å²) < 4.78 is 0. The van der Waals surface area contributed by atoms with E-state index in [1.54, 1.807) is 11.3 Å². The number of aryl methyl sites for hydroxylation is 1. The van der Waals surface area contributed by atoms with Crippen LogP contribution in [0.25, 0.3) is 0 Å². The molecule has 1 aromatic rings. The van der Waals surface area contributed by atoms with Crippen LogP contribution in [0.15, 0.2) is 5.51 Å². The molecule has 15 heavy (non-hydrogen) atoms. The first kappa shape index (κ1) is 10.6. The maximum absolute atomic E-state index is 11.8. The topological polar surface area (TPSA) is 45.2 Å². The highest BCUT2D eigenvalue weighted by molar-refractivity contribution is 7.09. The molecule has 1 amide bonds. The maximum Gasteiger partial charge on any atom is 0.240 e. The number of aromatic nitrogens is 1. The monoisotopic (exact) mass is 225 g/mol. The Hall–Kier alpha value is -0.940. The van der Waals surface area contributed by atoms with Gasteiger partial charge in [-0.3, -0.25) is 4.79 Å².